The van der Waals surface area contributed by atoms with Crippen molar-refractivity contribution in [2.75, 3.05) is 18.5 Å². The predicted octanol–water partition coefficient (Wildman–Crippen LogP) is 4.58. The third-order valence-electron chi connectivity index (χ3n) is 4.21. The van der Waals surface area contributed by atoms with Crippen LogP contribution in [-0.2, 0) is 4.79 Å². The van der Waals surface area contributed by atoms with Gasteiger partial charge in [-0.05, 0) is 55.7 Å². The Hall–Kier alpha value is -2.97. The van der Waals surface area contributed by atoms with Crippen LogP contribution in [0.15, 0.2) is 29.8 Å². The summed E-state index contributed by atoms with van der Waals surface area (Å²) in [6, 6.07) is 9.27. The summed E-state index contributed by atoms with van der Waals surface area (Å²) in [7, 11) is 0. The number of amides is 1. The third-order valence-corrected chi connectivity index (χ3v) is 4.49. The van der Waals surface area contributed by atoms with E-state index in [1.165, 1.54) is 6.08 Å². The minimum atomic E-state index is -0.474. The van der Waals surface area contributed by atoms with Crippen LogP contribution in [0.4, 0.5) is 5.69 Å². The Kier molecular flexibility index (Phi) is 5.38. The minimum absolute atomic E-state index is 0.0258. The molecule has 1 aliphatic heterocycles. The normalized spacial score (nSPS) is 13.1. The van der Waals surface area contributed by atoms with Crippen molar-refractivity contribution in [3.05, 3.63) is 57.1 Å². The Labute approximate surface area is 163 Å². The minimum Gasteiger partial charge on any atom is -0.486 e. The van der Waals surface area contributed by atoms with E-state index in [1.54, 1.807) is 12.1 Å². The molecule has 0 bridgehead atoms. The lowest BCUT2D eigenvalue weighted by atomic mass is 10.0. The molecule has 1 aliphatic rings. The summed E-state index contributed by atoms with van der Waals surface area (Å²) in [6.45, 7) is 6.70. The van der Waals surface area contributed by atoms with Gasteiger partial charge in [0.25, 0.3) is 5.91 Å². The summed E-state index contributed by atoms with van der Waals surface area (Å²) < 4.78 is 11.0. The maximum atomic E-state index is 12.6. The summed E-state index contributed by atoms with van der Waals surface area (Å²) in [4.78, 5) is 12.6. The average molecular weight is 383 g/mol. The van der Waals surface area contributed by atoms with Crippen molar-refractivity contribution >= 4 is 29.3 Å². The number of rotatable bonds is 3. The highest BCUT2D eigenvalue weighted by Crippen LogP contribution is 2.38. The number of carbonyl (C=O) groups excluding carboxylic acids is 1. The third kappa shape index (κ3) is 4.07. The number of halogens is 1. The van der Waals surface area contributed by atoms with Gasteiger partial charge >= 0.3 is 0 Å². The van der Waals surface area contributed by atoms with Gasteiger partial charge in [0.1, 0.15) is 24.9 Å². The van der Waals surface area contributed by atoms with E-state index in [4.69, 9.17) is 21.1 Å². The van der Waals surface area contributed by atoms with Gasteiger partial charge in [-0.25, -0.2) is 0 Å². The van der Waals surface area contributed by atoms with Crippen LogP contribution < -0.4 is 14.8 Å². The van der Waals surface area contributed by atoms with Gasteiger partial charge in [0.15, 0.2) is 11.5 Å². The Morgan fingerprint density at radius 1 is 1.15 bits per heavy atom. The summed E-state index contributed by atoms with van der Waals surface area (Å²) in [5.41, 5.74) is 4.29. The van der Waals surface area contributed by atoms with Crippen molar-refractivity contribution in [3.63, 3.8) is 0 Å². The summed E-state index contributed by atoms with van der Waals surface area (Å²) in [6.07, 6.45) is 1.48. The Morgan fingerprint density at radius 3 is 2.48 bits per heavy atom. The van der Waals surface area contributed by atoms with Gasteiger partial charge in [-0.2, -0.15) is 5.26 Å². The molecule has 0 aliphatic carbocycles. The second-order valence-electron chi connectivity index (χ2n) is 6.42. The van der Waals surface area contributed by atoms with Gasteiger partial charge in [-0.15, -0.1) is 0 Å². The quantitative estimate of drug-likeness (QED) is 0.622. The number of aryl methyl sites for hydroxylation is 3. The maximum Gasteiger partial charge on any atom is 0.266 e. The predicted molar refractivity (Wildman–Crippen MR) is 105 cm³/mol. The highest BCUT2D eigenvalue weighted by molar-refractivity contribution is 6.32. The fourth-order valence-electron chi connectivity index (χ4n) is 3.09. The van der Waals surface area contributed by atoms with E-state index in [-0.39, 0.29) is 5.57 Å². The Bertz CT molecular complexity index is 967. The molecule has 0 saturated carbocycles. The number of hydrogen-bond donors (Lipinski definition) is 1. The first-order valence-electron chi connectivity index (χ1n) is 8.49. The molecule has 138 valence electrons. The van der Waals surface area contributed by atoms with Crippen molar-refractivity contribution in [2.24, 2.45) is 0 Å². The van der Waals surface area contributed by atoms with E-state index >= 15 is 0 Å². The van der Waals surface area contributed by atoms with Crippen LogP contribution in [0.5, 0.6) is 11.5 Å². The van der Waals surface area contributed by atoms with E-state index in [0.717, 1.165) is 16.7 Å². The van der Waals surface area contributed by atoms with E-state index in [2.05, 4.69) is 5.32 Å². The fraction of sp³-hybridized carbons (Fsp3) is 0.238. The maximum absolute atomic E-state index is 12.6. The van der Waals surface area contributed by atoms with Crippen molar-refractivity contribution in [1.82, 2.24) is 0 Å². The highest BCUT2D eigenvalue weighted by Gasteiger charge is 2.18. The SMILES string of the molecule is Cc1cc(C)c(NC(=O)/C(C#N)=C/c2cc(Cl)c3c(c2)OCCO3)c(C)c1. The molecule has 0 spiro atoms. The van der Waals surface area contributed by atoms with Crippen molar-refractivity contribution < 1.29 is 14.3 Å². The first-order chi connectivity index (χ1) is 12.9. The first kappa shape index (κ1) is 18.8. The van der Waals surface area contributed by atoms with Crippen LogP contribution in [0.25, 0.3) is 6.08 Å². The molecular formula is C21H19ClN2O3. The van der Waals surface area contributed by atoms with E-state index in [0.29, 0.717) is 41.0 Å². The number of fused-ring (bicyclic) bond motifs is 1. The van der Waals surface area contributed by atoms with Gasteiger partial charge in [-0.1, -0.05) is 29.3 Å². The number of nitriles is 1. The molecule has 0 saturated heterocycles. The molecule has 0 atom stereocenters. The molecule has 5 nitrogen and oxygen atoms in total. The molecule has 6 heteroatoms. The van der Waals surface area contributed by atoms with Gasteiger partial charge in [0.2, 0.25) is 0 Å². The lowest BCUT2D eigenvalue weighted by Crippen LogP contribution is -2.16. The van der Waals surface area contributed by atoms with Crippen molar-refractivity contribution in [1.29, 1.82) is 5.26 Å². The molecule has 2 aromatic carbocycles. The molecular weight excluding hydrogens is 364 g/mol. The highest BCUT2D eigenvalue weighted by atomic mass is 35.5. The lowest BCUT2D eigenvalue weighted by molar-refractivity contribution is -0.112. The molecule has 0 radical (unpaired) electrons. The number of nitrogens with zero attached hydrogens (tertiary/aromatic N) is 1. The molecule has 0 fully saturated rings. The molecule has 2 aromatic rings. The van der Waals surface area contributed by atoms with Gasteiger partial charge in [0, 0.05) is 5.69 Å². The van der Waals surface area contributed by atoms with Crippen LogP contribution in [0.1, 0.15) is 22.3 Å². The van der Waals surface area contributed by atoms with E-state index in [9.17, 15) is 10.1 Å². The number of carbonyl (C=O) groups is 1. The van der Waals surface area contributed by atoms with Crippen LogP contribution in [-0.4, -0.2) is 19.1 Å². The van der Waals surface area contributed by atoms with Crippen molar-refractivity contribution in [2.45, 2.75) is 20.8 Å². The zero-order valence-corrected chi connectivity index (χ0v) is 16.1. The van der Waals surface area contributed by atoms with E-state index in [1.807, 2.05) is 39.0 Å². The van der Waals surface area contributed by atoms with Gasteiger partial charge in [-0.3, -0.25) is 4.79 Å². The second kappa shape index (κ2) is 7.73. The van der Waals surface area contributed by atoms with E-state index < -0.39 is 5.91 Å². The zero-order chi connectivity index (χ0) is 19.6. The molecule has 1 N–H and O–H groups in total. The smallest absolute Gasteiger partial charge is 0.266 e. The number of ether oxygens (including phenoxy) is 2. The van der Waals surface area contributed by atoms with Gasteiger partial charge < -0.3 is 14.8 Å². The molecule has 27 heavy (non-hydrogen) atoms. The topological polar surface area (TPSA) is 71.4 Å². The number of anilines is 1. The fourth-order valence-corrected chi connectivity index (χ4v) is 3.36. The Balaban J connectivity index is 1.90. The summed E-state index contributed by atoms with van der Waals surface area (Å²) in [5.74, 6) is 0.510. The summed E-state index contributed by atoms with van der Waals surface area (Å²) >= 11 is 6.22. The lowest BCUT2D eigenvalue weighted by Gasteiger charge is -2.19. The van der Waals surface area contributed by atoms with Crippen LogP contribution in [0.2, 0.25) is 5.02 Å². The first-order valence-corrected chi connectivity index (χ1v) is 8.87. The molecule has 1 amide bonds. The molecule has 0 aromatic heterocycles. The molecule has 3 rings (SSSR count). The zero-order valence-electron chi connectivity index (χ0n) is 15.4. The van der Waals surface area contributed by atoms with Crippen LogP contribution in [0.3, 0.4) is 0 Å². The largest absolute Gasteiger partial charge is 0.486 e. The molecule has 0 unspecified atom stereocenters. The number of hydrogen-bond acceptors (Lipinski definition) is 4. The average Bonchev–Trinajstić information content (AvgIpc) is 2.62. The summed E-state index contributed by atoms with van der Waals surface area (Å²) in [5, 5.41) is 12.7. The van der Waals surface area contributed by atoms with Crippen LogP contribution in [0, 0.1) is 32.1 Å². The van der Waals surface area contributed by atoms with Gasteiger partial charge in [0.05, 0.1) is 5.02 Å². The Morgan fingerprint density at radius 2 is 1.81 bits per heavy atom. The van der Waals surface area contributed by atoms with Crippen molar-refractivity contribution in [3.8, 4) is 17.6 Å². The molecule has 1 heterocycles. The number of benzene rings is 2. The standard InChI is InChI=1S/C21H19ClN2O3/c1-12-6-13(2)19(14(3)7-12)24-21(25)16(11-23)8-15-9-17(22)20-18(10-15)26-4-5-27-20/h6-10H,4-5H2,1-3H3,(H,24,25)/b16-8+. The monoisotopic (exact) mass is 382 g/mol. The number of nitrogens with one attached hydrogen (secondary N) is 1. The second-order valence-corrected chi connectivity index (χ2v) is 6.83. The van der Waals surface area contributed by atoms with Crippen LogP contribution >= 0.6 is 11.6 Å².